The first-order valence-electron chi connectivity index (χ1n) is 7.85. The summed E-state index contributed by atoms with van der Waals surface area (Å²) in [5, 5.41) is 0. The van der Waals surface area contributed by atoms with Gasteiger partial charge in [0.05, 0.1) is 12.6 Å². The summed E-state index contributed by atoms with van der Waals surface area (Å²) in [6, 6.07) is 3.79. The lowest BCUT2D eigenvalue weighted by Crippen LogP contribution is -2.21. The molecule has 0 aliphatic carbocycles. The van der Waals surface area contributed by atoms with Crippen LogP contribution in [0.1, 0.15) is 19.8 Å². The highest BCUT2D eigenvalue weighted by Crippen LogP contribution is 2.18. The second kappa shape index (κ2) is 6.22. The molecule has 0 saturated carbocycles. The van der Waals surface area contributed by atoms with Gasteiger partial charge in [-0.15, -0.1) is 0 Å². The van der Waals surface area contributed by atoms with Crippen molar-refractivity contribution in [2.24, 2.45) is 5.92 Å². The highest BCUT2D eigenvalue weighted by Gasteiger charge is 2.14. The summed E-state index contributed by atoms with van der Waals surface area (Å²) < 4.78 is 15.3. The van der Waals surface area contributed by atoms with E-state index in [9.17, 15) is 4.79 Å². The molecule has 0 aromatic carbocycles. The summed E-state index contributed by atoms with van der Waals surface area (Å²) in [4.78, 5) is 16.6. The molecule has 2 aromatic rings. The molecule has 2 aromatic heterocycles. The van der Waals surface area contributed by atoms with Crippen molar-refractivity contribution in [3.63, 3.8) is 0 Å². The molecule has 3 heterocycles. The minimum atomic E-state index is -0.264. The molecule has 110 valence electrons. The number of ether oxygens (including phenoxy) is 1. The van der Waals surface area contributed by atoms with Gasteiger partial charge < -0.3 is 9.30 Å². The predicted molar refractivity (Wildman–Crippen MR) is 82.2 cm³/mol. The Bertz CT molecular complexity index is 704. The SMILES string of the molecule is [2H]c1cn(CC2CCOCC2)cc(-c2ccc(C)cn2)c1=O. The Morgan fingerprint density at radius 1 is 1.43 bits per heavy atom. The van der Waals surface area contributed by atoms with Gasteiger partial charge in [0.25, 0.3) is 0 Å². The fraction of sp³-hybridized carbons (Fsp3) is 0.412. The van der Waals surface area contributed by atoms with Gasteiger partial charge in [-0.25, -0.2) is 0 Å². The number of aryl methyl sites for hydroxylation is 1. The van der Waals surface area contributed by atoms with E-state index in [-0.39, 0.29) is 11.5 Å². The van der Waals surface area contributed by atoms with E-state index in [4.69, 9.17) is 6.11 Å². The van der Waals surface area contributed by atoms with Crippen LogP contribution in [-0.2, 0) is 11.3 Å². The van der Waals surface area contributed by atoms with Crippen LogP contribution in [0, 0.1) is 12.8 Å². The lowest BCUT2D eigenvalue weighted by Gasteiger charge is -2.23. The third kappa shape index (κ3) is 3.39. The van der Waals surface area contributed by atoms with Crippen molar-refractivity contribution in [3.8, 4) is 11.3 Å². The lowest BCUT2D eigenvalue weighted by molar-refractivity contribution is 0.0612. The minimum absolute atomic E-state index is 0.0203. The Morgan fingerprint density at radius 3 is 2.95 bits per heavy atom. The highest BCUT2D eigenvalue weighted by molar-refractivity contribution is 5.57. The summed E-state index contributed by atoms with van der Waals surface area (Å²) in [5.74, 6) is 0.537. The molecule has 0 bridgehead atoms. The maximum atomic E-state index is 12.2. The molecule has 1 saturated heterocycles. The van der Waals surface area contributed by atoms with Crippen molar-refractivity contribution < 1.29 is 6.11 Å². The van der Waals surface area contributed by atoms with E-state index in [0.717, 1.165) is 38.2 Å². The molecular formula is C17H20N2O2. The molecular weight excluding hydrogens is 264 g/mol. The van der Waals surface area contributed by atoms with Crippen LogP contribution in [0.5, 0.6) is 0 Å². The Labute approximate surface area is 125 Å². The molecule has 0 N–H and O–H groups in total. The summed E-state index contributed by atoms with van der Waals surface area (Å²) in [6.45, 7) is 4.37. The van der Waals surface area contributed by atoms with Crippen LogP contribution in [0.25, 0.3) is 11.3 Å². The second-order valence-corrected chi connectivity index (χ2v) is 5.62. The van der Waals surface area contributed by atoms with E-state index in [1.54, 1.807) is 12.4 Å². The van der Waals surface area contributed by atoms with Crippen LogP contribution < -0.4 is 5.43 Å². The fourth-order valence-corrected chi connectivity index (χ4v) is 2.62. The van der Waals surface area contributed by atoms with Gasteiger partial charge in [-0.2, -0.15) is 0 Å². The number of rotatable bonds is 3. The van der Waals surface area contributed by atoms with E-state index in [1.165, 1.54) is 0 Å². The van der Waals surface area contributed by atoms with E-state index in [0.29, 0.717) is 17.2 Å². The topological polar surface area (TPSA) is 44.1 Å². The standard InChI is InChI=1S/C17H20N2O2/c1-13-2-3-16(18-10-13)15-12-19(7-4-17(15)20)11-14-5-8-21-9-6-14/h2-4,7,10,12,14H,5-6,8-9,11H2,1H3/i4D. The third-order valence-electron chi connectivity index (χ3n) is 3.90. The number of hydrogen-bond acceptors (Lipinski definition) is 3. The molecule has 0 spiro atoms. The van der Waals surface area contributed by atoms with Crippen LogP contribution in [0.3, 0.4) is 0 Å². The monoisotopic (exact) mass is 285 g/mol. The van der Waals surface area contributed by atoms with E-state index in [2.05, 4.69) is 4.98 Å². The van der Waals surface area contributed by atoms with Crippen LogP contribution in [0.4, 0.5) is 0 Å². The molecule has 1 aliphatic rings. The van der Waals surface area contributed by atoms with Crippen LogP contribution in [0.15, 0.2) is 41.6 Å². The maximum absolute atomic E-state index is 12.2. The zero-order chi connectivity index (χ0) is 15.5. The molecule has 3 rings (SSSR count). The van der Waals surface area contributed by atoms with Gasteiger partial charge in [-0.05, 0) is 37.3 Å². The summed E-state index contributed by atoms with van der Waals surface area (Å²) in [6.07, 6.45) is 7.24. The van der Waals surface area contributed by atoms with Crippen molar-refractivity contribution in [1.29, 1.82) is 0 Å². The second-order valence-electron chi connectivity index (χ2n) is 5.62. The number of hydrogen-bond donors (Lipinski definition) is 0. The van der Waals surface area contributed by atoms with Crippen molar-refractivity contribution in [1.82, 2.24) is 9.55 Å². The van der Waals surface area contributed by atoms with Crippen LogP contribution >= 0.6 is 0 Å². The van der Waals surface area contributed by atoms with E-state index >= 15 is 0 Å². The first kappa shape index (κ1) is 12.8. The third-order valence-corrected chi connectivity index (χ3v) is 3.90. The Hall–Kier alpha value is -1.94. The van der Waals surface area contributed by atoms with Gasteiger partial charge in [0.15, 0.2) is 5.43 Å². The van der Waals surface area contributed by atoms with Crippen molar-refractivity contribution in [3.05, 3.63) is 52.6 Å². The minimum Gasteiger partial charge on any atom is -0.381 e. The van der Waals surface area contributed by atoms with Gasteiger partial charge >= 0.3 is 0 Å². The molecule has 0 amide bonds. The average molecular weight is 285 g/mol. The molecule has 21 heavy (non-hydrogen) atoms. The van der Waals surface area contributed by atoms with Crippen molar-refractivity contribution >= 4 is 0 Å². The zero-order valence-corrected chi connectivity index (χ0v) is 12.2. The number of aromatic nitrogens is 2. The first-order chi connectivity index (χ1) is 10.6. The van der Waals surface area contributed by atoms with E-state index < -0.39 is 0 Å². The van der Waals surface area contributed by atoms with Crippen molar-refractivity contribution in [2.75, 3.05) is 13.2 Å². The molecule has 1 aliphatic heterocycles. The van der Waals surface area contributed by atoms with Gasteiger partial charge in [-0.1, -0.05) is 6.07 Å². The fourth-order valence-electron chi connectivity index (χ4n) is 2.62. The average Bonchev–Trinajstić information content (AvgIpc) is 2.53. The van der Waals surface area contributed by atoms with Gasteiger partial charge in [0.1, 0.15) is 0 Å². The quantitative estimate of drug-likeness (QED) is 0.871. The van der Waals surface area contributed by atoms with Crippen molar-refractivity contribution in [2.45, 2.75) is 26.3 Å². The zero-order valence-electron chi connectivity index (χ0n) is 13.2. The summed E-state index contributed by atoms with van der Waals surface area (Å²) in [7, 11) is 0. The maximum Gasteiger partial charge on any atom is 0.190 e. The molecule has 0 unspecified atom stereocenters. The number of pyridine rings is 2. The highest BCUT2D eigenvalue weighted by atomic mass is 16.5. The summed E-state index contributed by atoms with van der Waals surface area (Å²) >= 11 is 0. The Balaban J connectivity index is 1.92. The van der Waals surface area contributed by atoms with Gasteiger partial charge in [0, 0.05) is 44.4 Å². The van der Waals surface area contributed by atoms with Gasteiger partial charge in [-0.3, -0.25) is 9.78 Å². The predicted octanol–water partition coefficient (Wildman–Crippen LogP) is 2.65. The summed E-state index contributed by atoms with van der Waals surface area (Å²) in [5.41, 5.74) is 1.91. The van der Waals surface area contributed by atoms with E-state index in [1.807, 2.05) is 29.8 Å². The molecule has 4 nitrogen and oxygen atoms in total. The molecule has 0 radical (unpaired) electrons. The molecule has 0 atom stereocenters. The normalized spacial score (nSPS) is 16.7. The van der Waals surface area contributed by atoms with Crippen LogP contribution in [0.2, 0.25) is 0 Å². The number of nitrogens with zero attached hydrogens (tertiary/aromatic N) is 2. The van der Waals surface area contributed by atoms with Crippen LogP contribution in [-0.4, -0.2) is 22.8 Å². The molecule has 1 fully saturated rings. The smallest absolute Gasteiger partial charge is 0.190 e. The largest absolute Gasteiger partial charge is 0.381 e. The Morgan fingerprint density at radius 2 is 2.24 bits per heavy atom. The lowest BCUT2D eigenvalue weighted by atomic mass is 10.0. The molecule has 4 heteroatoms. The first-order valence-corrected chi connectivity index (χ1v) is 7.35. The van der Waals surface area contributed by atoms with Gasteiger partial charge in [0.2, 0.25) is 0 Å². The Kier molecular flexibility index (Phi) is 3.79.